The highest BCUT2D eigenvalue weighted by Crippen LogP contribution is 2.44. The summed E-state index contributed by atoms with van der Waals surface area (Å²) in [7, 11) is 1.45. The van der Waals surface area contributed by atoms with Crippen LogP contribution >= 0.6 is 0 Å². The first-order chi connectivity index (χ1) is 17.5. The maximum Gasteiger partial charge on any atom is 0.303 e. The standard InChI is InChI=1S/C29H32O8/c1-16(2)9-10-18-24-21(14-19(30)27(18)34-5)36-22-15-20-17(11-12-29(3,4)37-20)28(25(22)26(24)33)35-13-7-6-8-23(31)32/h9,11-12,14-15,30H,6-8,10,13H2,1-5H3,(H,31,32). The number of ether oxygens (including phenoxy) is 3. The Bertz CT molecular complexity index is 1490. The Hall–Kier alpha value is -3.94. The SMILES string of the molecule is COc1c(O)cc2oc3cc4c(c(OCCCCC(=O)O)c3c(=O)c2c1CC=C(C)C)C=CC(C)(C)O4. The van der Waals surface area contributed by atoms with Crippen molar-refractivity contribution < 1.29 is 33.6 Å². The van der Waals surface area contributed by atoms with Crippen LogP contribution in [0.5, 0.6) is 23.0 Å². The Morgan fingerprint density at radius 3 is 2.51 bits per heavy atom. The van der Waals surface area contributed by atoms with Gasteiger partial charge in [-0.05, 0) is 59.1 Å². The van der Waals surface area contributed by atoms with Gasteiger partial charge in [0.1, 0.15) is 33.7 Å². The molecule has 0 amide bonds. The smallest absolute Gasteiger partial charge is 0.303 e. The van der Waals surface area contributed by atoms with Crippen LogP contribution in [0.15, 0.2) is 39.1 Å². The molecule has 1 aromatic heterocycles. The molecule has 2 N–H and O–H groups in total. The summed E-state index contributed by atoms with van der Waals surface area (Å²) in [5, 5.41) is 20.1. The van der Waals surface area contributed by atoms with Crippen molar-refractivity contribution in [3.8, 4) is 23.0 Å². The molecule has 0 fully saturated rings. The Morgan fingerprint density at radius 2 is 1.84 bits per heavy atom. The van der Waals surface area contributed by atoms with Crippen molar-refractivity contribution in [3.05, 3.63) is 51.2 Å². The maximum atomic E-state index is 14.1. The number of hydrogen-bond donors (Lipinski definition) is 2. The molecule has 0 spiro atoms. The minimum Gasteiger partial charge on any atom is -0.504 e. The van der Waals surface area contributed by atoms with E-state index in [0.29, 0.717) is 47.3 Å². The maximum absolute atomic E-state index is 14.1. The van der Waals surface area contributed by atoms with Crippen molar-refractivity contribution in [2.24, 2.45) is 0 Å². The van der Waals surface area contributed by atoms with Gasteiger partial charge in [-0.15, -0.1) is 0 Å². The predicted molar refractivity (Wildman–Crippen MR) is 142 cm³/mol. The number of carbonyl (C=O) groups is 1. The van der Waals surface area contributed by atoms with E-state index in [2.05, 4.69) is 0 Å². The van der Waals surface area contributed by atoms with Gasteiger partial charge in [-0.25, -0.2) is 0 Å². The monoisotopic (exact) mass is 508 g/mol. The zero-order valence-electron chi connectivity index (χ0n) is 21.8. The Kier molecular flexibility index (Phi) is 7.21. The number of benzene rings is 2. The number of fused-ring (bicyclic) bond motifs is 3. The van der Waals surface area contributed by atoms with Crippen molar-refractivity contribution in [2.75, 3.05) is 13.7 Å². The summed E-state index contributed by atoms with van der Waals surface area (Å²) in [6.45, 7) is 7.95. The second kappa shape index (κ2) is 10.2. The molecule has 196 valence electrons. The summed E-state index contributed by atoms with van der Waals surface area (Å²) >= 11 is 0. The number of aliphatic carboxylic acids is 1. The van der Waals surface area contributed by atoms with Crippen LogP contribution in [-0.2, 0) is 11.2 Å². The molecule has 0 atom stereocenters. The molecule has 8 heteroatoms. The molecule has 1 aliphatic heterocycles. The summed E-state index contributed by atoms with van der Waals surface area (Å²) in [6, 6.07) is 3.06. The minimum atomic E-state index is -0.866. The Balaban J connectivity index is 1.98. The lowest BCUT2D eigenvalue weighted by Gasteiger charge is -2.29. The number of carboxylic acid groups (broad SMARTS) is 1. The average molecular weight is 509 g/mol. The third-order valence-electron chi connectivity index (χ3n) is 6.22. The van der Waals surface area contributed by atoms with Gasteiger partial charge in [-0.2, -0.15) is 0 Å². The Morgan fingerprint density at radius 1 is 1.11 bits per heavy atom. The van der Waals surface area contributed by atoms with Crippen molar-refractivity contribution >= 4 is 34.0 Å². The number of methoxy groups -OCH3 is 1. The average Bonchev–Trinajstić information content (AvgIpc) is 2.80. The lowest BCUT2D eigenvalue weighted by molar-refractivity contribution is -0.137. The van der Waals surface area contributed by atoms with Crippen LogP contribution in [0.25, 0.3) is 28.0 Å². The highest BCUT2D eigenvalue weighted by Gasteiger charge is 2.29. The summed E-state index contributed by atoms with van der Waals surface area (Å²) in [5.74, 6) is 0.0591. The number of allylic oxidation sites excluding steroid dienone is 2. The number of rotatable bonds is 9. The van der Waals surface area contributed by atoms with Crippen LogP contribution in [0, 0.1) is 0 Å². The van der Waals surface area contributed by atoms with Gasteiger partial charge in [0.2, 0.25) is 5.43 Å². The van der Waals surface area contributed by atoms with Crippen molar-refractivity contribution in [1.29, 1.82) is 0 Å². The van der Waals surface area contributed by atoms with Crippen LogP contribution < -0.4 is 19.6 Å². The van der Waals surface area contributed by atoms with Gasteiger partial charge in [0.25, 0.3) is 0 Å². The normalized spacial score (nSPS) is 13.8. The van der Waals surface area contributed by atoms with Gasteiger partial charge in [0.05, 0.1) is 24.7 Å². The highest BCUT2D eigenvalue weighted by molar-refractivity contribution is 5.99. The molecule has 0 radical (unpaired) electrons. The molecule has 0 saturated heterocycles. The predicted octanol–water partition coefficient (Wildman–Crippen LogP) is 5.99. The third kappa shape index (κ3) is 5.28. The second-order valence-electron chi connectivity index (χ2n) is 9.93. The number of carboxylic acids is 1. The lowest BCUT2D eigenvalue weighted by Crippen LogP contribution is -2.27. The first-order valence-electron chi connectivity index (χ1n) is 12.2. The molecule has 0 aliphatic carbocycles. The summed E-state index contributed by atoms with van der Waals surface area (Å²) in [5.41, 5.74) is 1.80. The van der Waals surface area contributed by atoms with Crippen molar-refractivity contribution in [3.63, 3.8) is 0 Å². The first kappa shape index (κ1) is 26.1. The van der Waals surface area contributed by atoms with E-state index in [1.807, 2.05) is 45.9 Å². The minimum absolute atomic E-state index is 0.0397. The van der Waals surface area contributed by atoms with Crippen LogP contribution in [0.1, 0.15) is 58.1 Å². The van der Waals surface area contributed by atoms with E-state index in [4.69, 9.17) is 23.7 Å². The quantitative estimate of drug-likeness (QED) is 0.206. The molecule has 8 nitrogen and oxygen atoms in total. The fourth-order valence-electron chi connectivity index (χ4n) is 4.45. The van der Waals surface area contributed by atoms with E-state index in [-0.39, 0.29) is 46.5 Å². The first-order valence-corrected chi connectivity index (χ1v) is 12.2. The zero-order valence-corrected chi connectivity index (χ0v) is 21.8. The van der Waals surface area contributed by atoms with Crippen LogP contribution in [-0.4, -0.2) is 35.5 Å². The number of phenols is 1. The molecule has 1 aliphatic rings. The summed E-state index contributed by atoms with van der Waals surface area (Å²) in [4.78, 5) is 25.0. The van der Waals surface area contributed by atoms with E-state index >= 15 is 0 Å². The zero-order chi connectivity index (χ0) is 26.9. The molecule has 0 bridgehead atoms. The Labute approximate surface area is 214 Å². The molecule has 37 heavy (non-hydrogen) atoms. The molecule has 2 heterocycles. The van der Waals surface area contributed by atoms with Crippen LogP contribution in [0.4, 0.5) is 0 Å². The van der Waals surface area contributed by atoms with Gasteiger partial charge in [0, 0.05) is 24.1 Å². The summed E-state index contributed by atoms with van der Waals surface area (Å²) < 4.78 is 23.9. The topological polar surface area (TPSA) is 115 Å². The number of aromatic hydroxyl groups is 1. The van der Waals surface area contributed by atoms with E-state index in [9.17, 15) is 14.7 Å². The molecule has 4 rings (SSSR count). The van der Waals surface area contributed by atoms with E-state index in [1.165, 1.54) is 13.2 Å². The van der Waals surface area contributed by atoms with Gasteiger partial charge in [-0.1, -0.05) is 11.6 Å². The summed E-state index contributed by atoms with van der Waals surface area (Å²) in [6.07, 6.45) is 7.06. The molecule has 2 aromatic carbocycles. The van der Waals surface area contributed by atoms with Crippen molar-refractivity contribution in [1.82, 2.24) is 0 Å². The van der Waals surface area contributed by atoms with E-state index in [0.717, 1.165) is 5.57 Å². The highest BCUT2D eigenvalue weighted by atomic mass is 16.5. The molecular formula is C29H32O8. The fourth-order valence-corrected chi connectivity index (χ4v) is 4.45. The third-order valence-corrected chi connectivity index (χ3v) is 6.22. The van der Waals surface area contributed by atoms with Gasteiger partial charge < -0.3 is 28.8 Å². The lowest BCUT2D eigenvalue weighted by atomic mass is 9.97. The number of unbranched alkanes of at least 4 members (excludes halogenated alkanes) is 1. The molecule has 0 saturated carbocycles. The van der Waals surface area contributed by atoms with Gasteiger partial charge in [-0.3, -0.25) is 9.59 Å². The van der Waals surface area contributed by atoms with Crippen LogP contribution in [0.2, 0.25) is 0 Å². The molecule has 0 unspecified atom stereocenters. The van der Waals surface area contributed by atoms with Gasteiger partial charge >= 0.3 is 5.97 Å². The second-order valence-corrected chi connectivity index (χ2v) is 9.93. The van der Waals surface area contributed by atoms with Gasteiger partial charge in [0.15, 0.2) is 11.5 Å². The van der Waals surface area contributed by atoms with Crippen LogP contribution in [0.3, 0.4) is 0 Å². The number of phenolic OH excluding ortho intramolecular Hbond substituents is 1. The molecule has 3 aromatic rings. The van der Waals surface area contributed by atoms with Crippen molar-refractivity contribution in [2.45, 2.75) is 59.0 Å². The van der Waals surface area contributed by atoms with E-state index < -0.39 is 11.6 Å². The molecular weight excluding hydrogens is 476 g/mol. The fraction of sp³-hybridized carbons (Fsp3) is 0.379. The van der Waals surface area contributed by atoms with E-state index in [1.54, 1.807) is 6.07 Å². The number of hydrogen-bond acceptors (Lipinski definition) is 7. The largest absolute Gasteiger partial charge is 0.504 e.